The van der Waals surface area contributed by atoms with Crippen molar-refractivity contribution in [2.45, 2.75) is 13.2 Å². The predicted octanol–water partition coefficient (Wildman–Crippen LogP) is 1.37. The SMILES string of the molecule is Nc1nc(OCc2ccc(CNC(=O)CCl)cc2)c2[nH]cnc2n1. The lowest BCUT2D eigenvalue weighted by atomic mass is 10.1. The smallest absolute Gasteiger partial charge is 0.245 e. The van der Waals surface area contributed by atoms with Crippen molar-refractivity contribution in [1.82, 2.24) is 25.3 Å². The van der Waals surface area contributed by atoms with E-state index in [4.69, 9.17) is 22.1 Å². The van der Waals surface area contributed by atoms with Gasteiger partial charge in [0, 0.05) is 6.54 Å². The van der Waals surface area contributed by atoms with Gasteiger partial charge in [0.15, 0.2) is 5.65 Å². The highest BCUT2D eigenvalue weighted by atomic mass is 35.5. The summed E-state index contributed by atoms with van der Waals surface area (Å²) in [6, 6.07) is 7.65. The summed E-state index contributed by atoms with van der Waals surface area (Å²) in [6.45, 7) is 0.753. The van der Waals surface area contributed by atoms with Crippen LogP contribution in [-0.4, -0.2) is 31.7 Å². The maximum atomic E-state index is 11.1. The Balaban J connectivity index is 1.64. The Morgan fingerprint density at radius 2 is 2.00 bits per heavy atom. The maximum absolute atomic E-state index is 11.1. The number of carbonyl (C=O) groups is 1. The van der Waals surface area contributed by atoms with Crippen LogP contribution in [0.25, 0.3) is 11.2 Å². The van der Waals surface area contributed by atoms with Crippen molar-refractivity contribution in [2.75, 3.05) is 11.6 Å². The number of nitrogens with two attached hydrogens (primary N) is 1. The molecule has 0 fully saturated rings. The summed E-state index contributed by atoms with van der Waals surface area (Å²) in [6.07, 6.45) is 1.51. The highest BCUT2D eigenvalue weighted by Crippen LogP contribution is 2.20. The molecule has 3 rings (SSSR count). The highest BCUT2D eigenvalue weighted by molar-refractivity contribution is 6.27. The summed E-state index contributed by atoms with van der Waals surface area (Å²) in [5.74, 6) is 0.216. The average Bonchev–Trinajstić information content (AvgIpc) is 3.06. The second-order valence-electron chi connectivity index (χ2n) is 5.00. The van der Waals surface area contributed by atoms with Gasteiger partial charge in [-0.05, 0) is 11.1 Å². The van der Waals surface area contributed by atoms with Crippen LogP contribution >= 0.6 is 11.6 Å². The second kappa shape index (κ2) is 7.14. The molecule has 0 radical (unpaired) electrons. The van der Waals surface area contributed by atoms with E-state index in [0.29, 0.717) is 30.2 Å². The number of fused-ring (bicyclic) bond motifs is 1. The Labute approximate surface area is 142 Å². The third-order valence-corrected chi connectivity index (χ3v) is 3.52. The van der Waals surface area contributed by atoms with Gasteiger partial charge in [-0.25, -0.2) is 4.98 Å². The first kappa shape index (κ1) is 16.0. The lowest BCUT2D eigenvalue weighted by Gasteiger charge is -2.08. The number of rotatable bonds is 6. The minimum absolute atomic E-state index is 0.0456. The van der Waals surface area contributed by atoms with E-state index in [0.717, 1.165) is 11.1 Å². The van der Waals surface area contributed by atoms with Gasteiger partial charge in [0.05, 0.1) is 6.33 Å². The normalized spacial score (nSPS) is 10.7. The van der Waals surface area contributed by atoms with E-state index in [9.17, 15) is 4.79 Å². The molecule has 0 spiro atoms. The summed E-state index contributed by atoms with van der Waals surface area (Å²) < 4.78 is 5.71. The summed E-state index contributed by atoms with van der Waals surface area (Å²) >= 11 is 5.43. The van der Waals surface area contributed by atoms with Gasteiger partial charge in [-0.3, -0.25) is 4.79 Å². The summed E-state index contributed by atoms with van der Waals surface area (Å²) in [5.41, 5.74) is 8.63. The second-order valence-corrected chi connectivity index (χ2v) is 5.27. The number of carbonyl (C=O) groups excluding carboxylic acids is 1. The first-order chi connectivity index (χ1) is 11.7. The monoisotopic (exact) mass is 346 g/mol. The van der Waals surface area contributed by atoms with Crippen LogP contribution in [0.4, 0.5) is 5.95 Å². The predicted molar refractivity (Wildman–Crippen MR) is 89.4 cm³/mol. The van der Waals surface area contributed by atoms with Gasteiger partial charge in [0.2, 0.25) is 17.7 Å². The fourth-order valence-corrected chi connectivity index (χ4v) is 2.17. The number of amides is 1. The lowest BCUT2D eigenvalue weighted by molar-refractivity contribution is -0.118. The van der Waals surface area contributed by atoms with Gasteiger partial charge >= 0.3 is 0 Å². The molecule has 3 aromatic rings. The molecule has 4 N–H and O–H groups in total. The van der Waals surface area contributed by atoms with Crippen LogP contribution in [0.1, 0.15) is 11.1 Å². The van der Waals surface area contributed by atoms with Crippen LogP contribution in [0.5, 0.6) is 5.88 Å². The zero-order valence-corrected chi connectivity index (χ0v) is 13.4. The molecular formula is C15H15ClN6O2. The van der Waals surface area contributed by atoms with Gasteiger partial charge in [0.25, 0.3) is 0 Å². The number of H-pyrrole nitrogens is 1. The van der Waals surface area contributed by atoms with Gasteiger partial charge in [0.1, 0.15) is 18.0 Å². The third-order valence-electron chi connectivity index (χ3n) is 3.28. The minimum Gasteiger partial charge on any atom is -0.471 e. The van der Waals surface area contributed by atoms with E-state index in [2.05, 4.69) is 25.3 Å². The van der Waals surface area contributed by atoms with E-state index in [-0.39, 0.29) is 17.7 Å². The van der Waals surface area contributed by atoms with Crippen LogP contribution in [0.15, 0.2) is 30.6 Å². The van der Waals surface area contributed by atoms with Crippen molar-refractivity contribution < 1.29 is 9.53 Å². The Morgan fingerprint density at radius 3 is 2.75 bits per heavy atom. The first-order valence-electron chi connectivity index (χ1n) is 7.15. The Hall–Kier alpha value is -2.87. The van der Waals surface area contributed by atoms with Crippen LogP contribution in [0.3, 0.4) is 0 Å². The van der Waals surface area contributed by atoms with Gasteiger partial charge < -0.3 is 20.8 Å². The van der Waals surface area contributed by atoms with E-state index < -0.39 is 0 Å². The summed E-state index contributed by atoms with van der Waals surface area (Å²) in [4.78, 5) is 26.2. The fraction of sp³-hybridized carbons (Fsp3) is 0.200. The number of benzene rings is 1. The average molecular weight is 347 g/mol. The molecule has 0 atom stereocenters. The number of ether oxygens (including phenoxy) is 1. The molecule has 1 aromatic carbocycles. The number of imidazole rings is 1. The van der Waals surface area contributed by atoms with Gasteiger partial charge in [-0.2, -0.15) is 9.97 Å². The van der Waals surface area contributed by atoms with Crippen LogP contribution < -0.4 is 15.8 Å². The van der Waals surface area contributed by atoms with Crippen molar-refractivity contribution in [1.29, 1.82) is 0 Å². The number of nitrogens with one attached hydrogen (secondary N) is 2. The number of hydrogen-bond donors (Lipinski definition) is 3. The molecule has 2 aromatic heterocycles. The van der Waals surface area contributed by atoms with Crippen molar-refractivity contribution >= 4 is 34.6 Å². The molecule has 2 heterocycles. The summed E-state index contributed by atoms with van der Waals surface area (Å²) in [7, 11) is 0. The van der Waals surface area contributed by atoms with E-state index in [1.54, 1.807) is 0 Å². The molecule has 0 saturated heterocycles. The quantitative estimate of drug-likeness (QED) is 0.580. The van der Waals surface area contributed by atoms with Crippen LogP contribution in [-0.2, 0) is 17.9 Å². The van der Waals surface area contributed by atoms with Gasteiger partial charge in [-0.1, -0.05) is 24.3 Å². The molecule has 9 heteroatoms. The molecule has 8 nitrogen and oxygen atoms in total. The number of halogens is 1. The zero-order valence-electron chi connectivity index (χ0n) is 12.6. The fourth-order valence-electron chi connectivity index (χ4n) is 2.08. The molecular weight excluding hydrogens is 332 g/mol. The Kier molecular flexibility index (Phi) is 4.76. The van der Waals surface area contributed by atoms with Crippen LogP contribution in [0, 0.1) is 0 Å². The van der Waals surface area contributed by atoms with Gasteiger partial charge in [-0.15, -0.1) is 11.6 Å². The highest BCUT2D eigenvalue weighted by Gasteiger charge is 2.10. The molecule has 24 heavy (non-hydrogen) atoms. The lowest BCUT2D eigenvalue weighted by Crippen LogP contribution is -2.23. The first-order valence-corrected chi connectivity index (χ1v) is 7.69. The van der Waals surface area contributed by atoms with Crippen molar-refractivity contribution in [3.05, 3.63) is 41.7 Å². The molecule has 0 aliphatic heterocycles. The molecule has 0 bridgehead atoms. The molecule has 0 saturated carbocycles. The number of anilines is 1. The molecule has 1 amide bonds. The van der Waals surface area contributed by atoms with E-state index in [1.165, 1.54) is 6.33 Å². The molecule has 0 unspecified atom stereocenters. The standard InChI is InChI=1S/C15H15ClN6O2/c16-5-11(23)18-6-9-1-3-10(4-2-9)7-24-14-12-13(20-8-19-12)21-15(17)22-14/h1-4,8H,5-7H2,(H,18,23)(H3,17,19,20,21,22). The number of nitrogen functional groups attached to an aromatic ring is 1. The largest absolute Gasteiger partial charge is 0.471 e. The van der Waals surface area contributed by atoms with Crippen LogP contribution in [0.2, 0.25) is 0 Å². The molecule has 124 valence electrons. The van der Waals surface area contributed by atoms with Crippen molar-refractivity contribution in [3.8, 4) is 5.88 Å². The molecule has 0 aliphatic rings. The topological polar surface area (TPSA) is 119 Å². The number of aromatic nitrogens is 4. The minimum atomic E-state index is -0.200. The zero-order chi connectivity index (χ0) is 16.9. The maximum Gasteiger partial charge on any atom is 0.245 e. The number of nitrogens with zero attached hydrogens (tertiary/aromatic N) is 3. The van der Waals surface area contributed by atoms with Crippen molar-refractivity contribution in [2.24, 2.45) is 0 Å². The molecule has 0 aliphatic carbocycles. The third kappa shape index (κ3) is 3.72. The number of aromatic amines is 1. The van der Waals surface area contributed by atoms with E-state index >= 15 is 0 Å². The van der Waals surface area contributed by atoms with Crippen molar-refractivity contribution in [3.63, 3.8) is 0 Å². The summed E-state index contributed by atoms with van der Waals surface area (Å²) in [5, 5.41) is 2.71. The Morgan fingerprint density at radius 1 is 1.25 bits per heavy atom. The van der Waals surface area contributed by atoms with E-state index in [1.807, 2.05) is 24.3 Å². The number of hydrogen-bond acceptors (Lipinski definition) is 6. The Bertz CT molecular complexity index is 849. The number of alkyl halides is 1.